The molecule has 2 heterocycles. The number of hydrogen-bond acceptors (Lipinski definition) is 7. The van der Waals surface area contributed by atoms with Crippen LogP contribution in [0.5, 0.6) is 11.6 Å². The molecule has 7 heteroatoms. The van der Waals surface area contributed by atoms with Crippen molar-refractivity contribution in [2.45, 2.75) is 6.10 Å². The van der Waals surface area contributed by atoms with Crippen molar-refractivity contribution < 1.29 is 14.6 Å². The van der Waals surface area contributed by atoms with Crippen LogP contribution in [-0.2, 0) is 0 Å². The Labute approximate surface area is 182 Å². The van der Waals surface area contributed by atoms with Crippen LogP contribution >= 0.6 is 0 Å². The van der Waals surface area contributed by atoms with E-state index in [1.807, 2.05) is 12.1 Å². The van der Waals surface area contributed by atoms with Gasteiger partial charge >= 0.3 is 0 Å². The number of β-amino-alcohol motifs (C(OH)–C–C–N with tert-alkyl or cyclic N) is 1. The van der Waals surface area contributed by atoms with Gasteiger partial charge in [-0.3, -0.25) is 9.88 Å². The minimum absolute atomic E-state index is 0.208. The van der Waals surface area contributed by atoms with Crippen LogP contribution in [0.4, 0.5) is 5.69 Å². The summed E-state index contributed by atoms with van der Waals surface area (Å²) < 4.78 is 10.8. The molecule has 0 aliphatic carbocycles. The molecule has 1 fully saturated rings. The van der Waals surface area contributed by atoms with E-state index in [2.05, 4.69) is 56.2 Å². The van der Waals surface area contributed by atoms with E-state index in [0.29, 0.717) is 12.4 Å². The molecule has 31 heavy (non-hydrogen) atoms. The van der Waals surface area contributed by atoms with Crippen LogP contribution in [-0.4, -0.2) is 72.5 Å². The summed E-state index contributed by atoms with van der Waals surface area (Å²) in [7, 11) is 1.68. The molecule has 2 aromatic carbocycles. The Morgan fingerprint density at radius 2 is 1.77 bits per heavy atom. The van der Waals surface area contributed by atoms with Crippen LogP contribution < -0.4 is 14.4 Å². The summed E-state index contributed by atoms with van der Waals surface area (Å²) in [5.74, 6) is 1.29. The van der Waals surface area contributed by atoms with Crippen molar-refractivity contribution in [3.8, 4) is 22.8 Å². The zero-order chi connectivity index (χ0) is 21.5. The molecule has 0 saturated carbocycles. The highest BCUT2D eigenvalue weighted by atomic mass is 16.5. The van der Waals surface area contributed by atoms with Crippen molar-refractivity contribution in [3.63, 3.8) is 0 Å². The molecule has 0 bridgehead atoms. The quantitative estimate of drug-likeness (QED) is 0.602. The Kier molecular flexibility index (Phi) is 6.96. The van der Waals surface area contributed by atoms with E-state index in [4.69, 9.17) is 9.47 Å². The maximum Gasteiger partial charge on any atom is 0.232 e. The van der Waals surface area contributed by atoms with Crippen molar-refractivity contribution in [1.82, 2.24) is 14.9 Å². The molecule has 1 aromatic heterocycles. The number of rotatable bonds is 8. The number of benzene rings is 2. The third-order valence-corrected chi connectivity index (χ3v) is 5.45. The molecule has 162 valence electrons. The van der Waals surface area contributed by atoms with Crippen molar-refractivity contribution in [2.75, 3.05) is 51.3 Å². The Balaban J connectivity index is 1.32. The average molecular weight is 420 g/mol. The Morgan fingerprint density at radius 3 is 2.48 bits per heavy atom. The fourth-order valence-corrected chi connectivity index (χ4v) is 3.83. The number of aliphatic hydroxyl groups is 1. The van der Waals surface area contributed by atoms with Gasteiger partial charge in [-0.1, -0.05) is 30.3 Å². The Hall–Kier alpha value is -3.16. The summed E-state index contributed by atoms with van der Waals surface area (Å²) >= 11 is 0. The summed E-state index contributed by atoms with van der Waals surface area (Å²) in [6.07, 6.45) is 4.15. The second-order valence-electron chi connectivity index (χ2n) is 7.54. The summed E-state index contributed by atoms with van der Waals surface area (Å²) in [6.45, 7) is 4.38. The fourth-order valence-electron chi connectivity index (χ4n) is 3.83. The van der Waals surface area contributed by atoms with Gasteiger partial charge < -0.3 is 19.5 Å². The van der Waals surface area contributed by atoms with Crippen molar-refractivity contribution in [3.05, 3.63) is 67.1 Å². The van der Waals surface area contributed by atoms with Gasteiger partial charge in [-0.2, -0.15) is 0 Å². The number of piperazine rings is 1. The third-order valence-electron chi connectivity index (χ3n) is 5.45. The molecule has 4 rings (SSSR count). The van der Waals surface area contributed by atoms with Crippen molar-refractivity contribution >= 4 is 5.69 Å². The molecular formula is C24H28N4O3. The van der Waals surface area contributed by atoms with Gasteiger partial charge in [0.1, 0.15) is 18.5 Å². The third kappa shape index (κ3) is 5.51. The first-order valence-corrected chi connectivity index (χ1v) is 10.5. The number of hydrogen-bond donors (Lipinski definition) is 1. The first-order chi connectivity index (χ1) is 15.2. The van der Waals surface area contributed by atoms with E-state index in [-0.39, 0.29) is 6.61 Å². The molecule has 1 aliphatic heterocycles. The summed E-state index contributed by atoms with van der Waals surface area (Å²) in [5.41, 5.74) is 3.63. The number of aromatic nitrogens is 2. The normalized spacial score (nSPS) is 15.5. The van der Waals surface area contributed by atoms with E-state index in [1.54, 1.807) is 25.7 Å². The molecule has 1 aliphatic rings. The van der Waals surface area contributed by atoms with Crippen LogP contribution in [0.15, 0.2) is 67.1 Å². The highest BCUT2D eigenvalue weighted by molar-refractivity contribution is 5.79. The number of nitrogens with zero attached hydrogens (tertiary/aromatic N) is 4. The molecule has 1 saturated heterocycles. The zero-order valence-electron chi connectivity index (χ0n) is 17.7. The number of anilines is 1. The number of aliphatic hydroxyl groups excluding tert-OH is 1. The minimum atomic E-state index is -0.569. The lowest BCUT2D eigenvalue weighted by atomic mass is 10.0. The van der Waals surface area contributed by atoms with Gasteiger partial charge in [0, 0.05) is 56.4 Å². The second-order valence-corrected chi connectivity index (χ2v) is 7.54. The SMILES string of the molecule is [11CH3]Oc1ccc(-c2ccccc2N2CCN(C[C@@H](O)COc3cnccn3)CC2)cc1. The Morgan fingerprint density at radius 1 is 1.00 bits per heavy atom. The maximum atomic E-state index is 10.3. The molecule has 0 unspecified atom stereocenters. The van der Waals surface area contributed by atoms with E-state index in [9.17, 15) is 5.11 Å². The number of para-hydroxylation sites is 1. The lowest BCUT2D eigenvalue weighted by molar-refractivity contribution is 0.0645. The largest absolute Gasteiger partial charge is 0.497 e. The monoisotopic (exact) mass is 419 g/mol. The van der Waals surface area contributed by atoms with Gasteiger partial charge in [-0.25, -0.2) is 4.98 Å². The smallest absolute Gasteiger partial charge is 0.232 e. The van der Waals surface area contributed by atoms with Gasteiger partial charge in [0.15, 0.2) is 0 Å². The predicted molar refractivity (Wildman–Crippen MR) is 121 cm³/mol. The molecule has 3 aromatic rings. The molecule has 1 N–H and O–H groups in total. The average Bonchev–Trinajstić information content (AvgIpc) is 2.84. The molecular weight excluding hydrogens is 391 g/mol. The van der Waals surface area contributed by atoms with Crippen LogP contribution in [0.3, 0.4) is 0 Å². The predicted octanol–water partition coefficient (Wildman–Crippen LogP) is 2.71. The first-order valence-electron chi connectivity index (χ1n) is 10.5. The molecule has 1 atom stereocenters. The number of methoxy groups -OCH3 is 1. The van der Waals surface area contributed by atoms with E-state index in [0.717, 1.165) is 31.9 Å². The van der Waals surface area contributed by atoms with Gasteiger partial charge in [0.05, 0.1) is 13.3 Å². The van der Waals surface area contributed by atoms with Crippen LogP contribution in [0.1, 0.15) is 0 Å². The molecule has 7 nitrogen and oxygen atoms in total. The van der Waals surface area contributed by atoms with Crippen LogP contribution in [0.2, 0.25) is 0 Å². The maximum absolute atomic E-state index is 10.3. The van der Waals surface area contributed by atoms with E-state index >= 15 is 0 Å². The number of ether oxygens (including phenoxy) is 2. The highest BCUT2D eigenvalue weighted by Crippen LogP contribution is 2.32. The van der Waals surface area contributed by atoms with E-state index < -0.39 is 6.10 Å². The lowest BCUT2D eigenvalue weighted by Gasteiger charge is -2.37. The lowest BCUT2D eigenvalue weighted by Crippen LogP contribution is -2.49. The van der Waals surface area contributed by atoms with Gasteiger partial charge in [-0.05, 0) is 23.8 Å². The zero-order valence-corrected chi connectivity index (χ0v) is 17.7. The first kappa shape index (κ1) is 21.1. The summed E-state index contributed by atoms with van der Waals surface area (Å²) in [5, 5.41) is 10.3. The minimum Gasteiger partial charge on any atom is -0.497 e. The van der Waals surface area contributed by atoms with Crippen molar-refractivity contribution in [2.24, 2.45) is 0 Å². The van der Waals surface area contributed by atoms with Gasteiger partial charge in [0.2, 0.25) is 5.88 Å². The second kappa shape index (κ2) is 10.2. The van der Waals surface area contributed by atoms with Crippen LogP contribution in [0, 0.1) is 0 Å². The fraction of sp³-hybridized carbons (Fsp3) is 0.333. The van der Waals surface area contributed by atoms with Crippen LogP contribution in [0.25, 0.3) is 11.1 Å². The Bertz CT molecular complexity index is 945. The summed E-state index contributed by atoms with van der Waals surface area (Å²) in [6, 6.07) is 16.7. The summed E-state index contributed by atoms with van der Waals surface area (Å²) in [4.78, 5) is 12.7. The van der Waals surface area contributed by atoms with Gasteiger partial charge in [0.25, 0.3) is 0 Å². The standard InChI is InChI=1S/C24H28N4O3/c1-30-21-8-6-19(7-9-21)22-4-2-3-5-23(22)28-14-12-27(13-15-28)17-20(29)18-31-24-16-25-10-11-26-24/h2-11,16,20,29H,12-15,17-18H2,1H3/t20-/m1/s1/i1-1. The molecule has 0 radical (unpaired) electrons. The van der Waals surface area contributed by atoms with E-state index in [1.165, 1.54) is 16.8 Å². The topological polar surface area (TPSA) is 71.0 Å². The molecule has 0 amide bonds. The van der Waals surface area contributed by atoms with Crippen molar-refractivity contribution in [1.29, 1.82) is 0 Å². The molecule has 0 spiro atoms. The highest BCUT2D eigenvalue weighted by Gasteiger charge is 2.21. The van der Waals surface area contributed by atoms with Gasteiger partial charge in [-0.15, -0.1) is 0 Å².